The number of hydrogen-bond donors (Lipinski definition) is 1. The summed E-state index contributed by atoms with van der Waals surface area (Å²) in [6.07, 6.45) is 2.58. The summed E-state index contributed by atoms with van der Waals surface area (Å²) in [5, 5.41) is 9.04. The van der Waals surface area contributed by atoms with Crippen LogP contribution in [0.3, 0.4) is 0 Å². The van der Waals surface area contributed by atoms with Gasteiger partial charge < -0.3 is 9.84 Å². The number of aryl methyl sites for hydroxylation is 1. The monoisotopic (exact) mass is 193 g/mol. The molecule has 3 nitrogen and oxygen atoms in total. The highest BCUT2D eigenvalue weighted by atomic mass is 16.5. The van der Waals surface area contributed by atoms with E-state index < -0.39 is 0 Å². The Morgan fingerprint density at radius 3 is 3.00 bits per heavy atom. The first kappa shape index (κ1) is 10.7. The summed E-state index contributed by atoms with van der Waals surface area (Å²) >= 11 is 0. The fourth-order valence-corrected chi connectivity index (χ4v) is 1.09. The van der Waals surface area contributed by atoms with Gasteiger partial charge in [0.15, 0.2) is 0 Å². The van der Waals surface area contributed by atoms with Crippen LogP contribution in [0.4, 0.5) is 0 Å². The summed E-state index contributed by atoms with van der Waals surface area (Å²) in [5.74, 6) is 0.653. The number of ether oxygens (including phenoxy) is 1. The van der Waals surface area contributed by atoms with Crippen LogP contribution < -0.4 is 4.74 Å². The van der Waals surface area contributed by atoms with Crippen molar-refractivity contribution in [2.45, 2.75) is 20.0 Å². The first-order valence-electron chi connectivity index (χ1n) is 4.59. The van der Waals surface area contributed by atoms with Crippen LogP contribution in [0.1, 0.15) is 17.8 Å². The molecule has 1 rings (SSSR count). The standard InChI is InChI=1S/C11H15NO2/c1-3-4-7-14-11-6-5-9(2)12-10(11)8-13/h3,5-6,13H,1,4,7-8H2,2H3. The number of aliphatic hydroxyl groups excluding tert-OH is 1. The lowest BCUT2D eigenvalue weighted by atomic mass is 10.3. The van der Waals surface area contributed by atoms with Gasteiger partial charge in [0.05, 0.1) is 13.2 Å². The van der Waals surface area contributed by atoms with E-state index in [1.165, 1.54) is 0 Å². The second kappa shape index (κ2) is 5.40. The molecule has 0 aliphatic heterocycles. The van der Waals surface area contributed by atoms with Crippen molar-refractivity contribution in [3.05, 3.63) is 36.2 Å². The zero-order chi connectivity index (χ0) is 10.4. The number of aromatic nitrogens is 1. The lowest BCUT2D eigenvalue weighted by Crippen LogP contribution is -2.01. The first-order valence-corrected chi connectivity index (χ1v) is 4.59. The van der Waals surface area contributed by atoms with Gasteiger partial charge in [-0.1, -0.05) is 6.08 Å². The van der Waals surface area contributed by atoms with Crippen molar-refractivity contribution in [3.8, 4) is 5.75 Å². The minimum atomic E-state index is -0.0922. The first-order chi connectivity index (χ1) is 6.77. The molecule has 1 N–H and O–H groups in total. The third-order valence-electron chi connectivity index (χ3n) is 1.80. The van der Waals surface area contributed by atoms with Gasteiger partial charge in [-0.05, 0) is 25.5 Å². The van der Waals surface area contributed by atoms with Crippen molar-refractivity contribution in [2.75, 3.05) is 6.61 Å². The van der Waals surface area contributed by atoms with Crippen molar-refractivity contribution < 1.29 is 9.84 Å². The van der Waals surface area contributed by atoms with E-state index in [1.807, 2.05) is 19.1 Å². The van der Waals surface area contributed by atoms with E-state index in [2.05, 4.69) is 11.6 Å². The average molecular weight is 193 g/mol. The molecule has 0 radical (unpaired) electrons. The molecule has 0 unspecified atom stereocenters. The van der Waals surface area contributed by atoms with E-state index in [4.69, 9.17) is 9.84 Å². The van der Waals surface area contributed by atoms with E-state index in [9.17, 15) is 0 Å². The summed E-state index contributed by atoms with van der Waals surface area (Å²) in [6.45, 7) is 5.96. The third kappa shape index (κ3) is 2.85. The molecule has 14 heavy (non-hydrogen) atoms. The molecule has 0 fully saturated rings. The Balaban J connectivity index is 2.69. The molecule has 0 aliphatic rings. The van der Waals surface area contributed by atoms with Gasteiger partial charge >= 0.3 is 0 Å². The Hall–Kier alpha value is -1.35. The SMILES string of the molecule is C=CCCOc1ccc(C)nc1CO. The Morgan fingerprint density at radius 1 is 1.57 bits per heavy atom. The molecule has 1 heterocycles. The van der Waals surface area contributed by atoms with Gasteiger partial charge in [0.1, 0.15) is 11.4 Å². The molecule has 0 aromatic carbocycles. The minimum absolute atomic E-state index is 0.0922. The maximum absolute atomic E-state index is 9.04. The van der Waals surface area contributed by atoms with Crippen molar-refractivity contribution >= 4 is 0 Å². The van der Waals surface area contributed by atoms with Crippen molar-refractivity contribution in [3.63, 3.8) is 0 Å². The number of pyridine rings is 1. The van der Waals surface area contributed by atoms with Crippen LogP contribution in [-0.2, 0) is 6.61 Å². The van der Waals surface area contributed by atoms with Gasteiger partial charge in [0.2, 0.25) is 0 Å². The normalized spacial score (nSPS) is 9.86. The maximum atomic E-state index is 9.04. The molecule has 0 aliphatic carbocycles. The molecule has 76 valence electrons. The molecule has 1 aromatic rings. The fraction of sp³-hybridized carbons (Fsp3) is 0.364. The zero-order valence-electron chi connectivity index (χ0n) is 8.36. The van der Waals surface area contributed by atoms with E-state index in [-0.39, 0.29) is 6.61 Å². The van der Waals surface area contributed by atoms with Gasteiger partial charge in [-0.25, -0.2) is 0 Å². The van der Waals surface area contributed by atoms with Gasteiger partial charge in [-0.3, -0.25) is 4.98 Å². The van der Waals surface area contributed by atoms with Gasteiger partial charge in [0, 0.05) is 5.69 Å². The van der Waals surface area contributed by atoms with E-state index in [1.54, 1.807) is 6.08 Å². The Labute approximate surface area is 84.1 Å². The number of hydrogen-bond acceptors (Lipinski definition) is 3. The van der Waals surface area contributed by atoms with Crippen molar-refractivity contribution in [1.29, 1.82) is 0 Å². The highest BCUT2D eigenvalue weighted by Gasteiger charge is 2.03. The molecule has 0 amide bonds. The third-order valence-corrected chi connectivity index (χ3v) is 1.80. The molecule has 3 heteroatoms. The topological polar surface area (TPSA) is 42.4 Å². The van der Waals surface area contributed by atoms with E-state index in [0.29, 0.717) is 18.1 Å². The summed E-state index contributed by atoms with van der Waals surface area (Å²) < 4.78 is 5.43. The van der Waals surface area contributed by atoms with Crippen LogP contribution in [0.5, 0.6) is 5.75 Å². The summed E-state index contributed by atoms with van der Waals surface area (Å²) in [7, 11) is 0. The molecular formula is C11H15NO2. The van der Waals surface area contributed by atoms with E-state index in [0.717, 1.165) is 12.1 Å². The number of rotatable bonds is 5. The largest absolute Gasteiger partial charge is 0.491 e. The number of aliphatic hydroxyl groups is 1. The zero-order valence-corrected chi connectivity index (χ0v) is 8.36. The average Bonchev–Trinajstić information content (AvgIpc) is 2.20. The lowest BCUT2D eigenvalue weighted by Gasteiger charge is -2.08. The quantitative estimate of drug-likeness (QED) is 0.573. The smallest absolute Gasteiger partial charge is 0.143 e. The fourth-order valence-electron chi connectivity index (χ4n) is 1.09. The maximum Gasteiger partial charge on any atom is 0.143 e. The number of nitrogens with zero attached hydrogens (tertiary/aromatic N) is 1. The molecule has 0 spiro atoms. The predicted molar refractivity (Wildman–Crippen MR) is 55.2 cm³/mol. The Bertz CT molecular complexity index is 310. The Kier molecular flexibility index (Phi) is 4.13. The molecule has 0 atom stereocenters. The summed E-state index contributed by atoms with van der Waals surface area (Å²) in [4.78, 5) is 4.17. The Morgan fingerprint density at radius 2 is 2.36 bits per heavy atom. The van der Waals surface area contributed by atoms with Crippen molar-refractivity contribution in [1.82, 2.24) is 4.98 Å². The second-order valence-electron chi connectivity index (χ2n) is 2.98. The highest BCUT2D eigenvalue weighted by Crippen LogP contribution is 2.16. The van der Waals surface area contributed by atoms with Gasteiger partial charge in [0.25, 0.3) is 0 Å². The van der Waals surface area contributed by atoms with Crippen molar-refractivity contribution in [2.24, 2.45) is 0 Å². The minimum Gasteiger partial charge on any atom is -0.491 e. The molecule has 1 aromatic heterocycles. The molecule has 0 saturated heterocycles. The van der Waals surface area contributed by atoms with Crippen LogP contribution >= 0.6 is 0 Å². The second-order valence-corrected chi connectivity index (χ2v) is 2.98. The van der Waals surface area contributed by atoms with Gasteiger partial charge in [-0.15, -0.1) is 6.58 Å². The highest BCUT2D eigenvalue weighted by molar-refractivity contribution is 5.28. The van der Waals surface area contributed by atoms with Crippen LogP contribution in [-0.4, -0.2) is 16.7 Å². The van der Waals surface area contributed by atoms with Crippen LogP contribution in [0.2, 0.25) is 0 Å². The van der Waals surface area contributed by atoms with Crippen LogP contribution in [0, 0.1) is 6.92 Å². The van der Waals surface area contributed by atoms with Crippen LogP contribution in [0.25, 0.3) is 0 Å². The molecule has 0 bridgehead atoms. The van der Waals surface area contributed by atoms with E-state index >= 15 is 0 Å². The van der Waals surface area contributed by atoms with Crippen LogP contribution in [0.15, 0.2) is 24.8 Å². The summed E-state index contributed by atoms with van der Waals surface area (Å²) in [6, 6.07) is 3.69. The molecule has 0 saturated carbocycles. The lowest BCUT2D eigenvalue weighted by molar-refractivity contribution is 0.258. The predicted octanol–water partition coefficient (Wildman–Crippen LogP) is 1.84. The van der Waals surface area contributed by atoms with Gasteiger partial charge in [-0.2, -0.15) is 0 Å². The summed E-state index contributed by atoms with van der Waals surface area (Å²) in [5.41, 5.74) is 1.47. The molecular weight excluding hydrogens is 178 g/mol.